The van der Waals surface area contributed by atoms with Gasteiger partial charge in [0.15, 0.2) is 11.6 Å². The minimum Gasteiger partial charge on any atom is -0.287 e. The summed E-state index contributed by atoms with van der Waals surface area (Å²) >= 11 is 0. The van der Waals surface area contributed by atoms with Gasteiger partial charge in [-0.1, -0.05) is 6.07 Å². The molecule has 0 radical (unpaired) electrons. The number of halogens is 2. The topological polar surface area (TPSA) is 34.9 Å². The highest BCUT2D eigenvalue weighted by Crippen LogP contribution is 2.19. The summed E-state index contributed by atoms with van der Waals surface area (Å²) in [5, 5.41) is 4.01. The molecule has 0 saturated heterocycles. The second kappa shape index (κ2) is 4.33. The number of hydrogen-bond acceptors (Lipinski definition) is 2. The average Bonchev–Trinajstić information content (AvgIpc) is 2.65. The molecule has 0 fully saturated rings. The molecule has 0 aliphatic carbocycles. The molecule has 1 aromatic carbocycles. The van der Waals surface area contributed by atoms with Gasteiger partial charge in [0.2, 0.25) is 5.78 Å². The quantitative estimate of drug-likeness (QED) is 0.768. The molecule has 2 aromatic rings. The maximum Gasteiger partial charge on any atom is 0.214 e. The zero-order valence-corrected chi connectivity index (χ0v) is 10.3. The molecule has 0 unspecified atom stereocenters. The zero-order valence-electron chi connectivity index (χ0n) is 10.3. The Hall–Kier alpha value is -2.04. The molecule has 3 nitrogen and oxygen atoms in total. The fourth-order valence-electron chi connectivity index (χ4n) is 1.78. The van der Waals surface area contributed by atoms with Crippen molar-refractivity contribution in [3.05, 3.63) is 52.3 Å². The average molecular weight is 250 g/mol. The Labute approximate surface area is 103 Å². The van der Waals surface area contributed by atoms with E-state index >= 15 is 0 Å². The third-order valence-electron chi connectivity index (χ3n) is 2.75. The minimum absolute atomic E-state index is 0.172. The summed E-state index contributed by atoms with van der Waals surface area (Å²) in [5.41, 5.74) is 0.773. The van der Waals surface area contributed by atoms with Crippen LogP contribution in [-0.4, -0.2) is 15.6 Å². The number of carbonyl (C=O) groups excluding carboxylic acids is 1. The number of carbonyl (C=O) groups is 1. The largest absolute Gasteiger partial charge is 0.287 e. The van der Waals surface area contributed by atoms with Crippen LogP contribution in [-0.2, 0) is 7.05 Å². The number of aryl methyl sites for hydroxylation is 3. The van der Waals surface area contributed by atoms with Gasteiger partial charge in [-0.2, -0.15) is 5.10 Å². The highest BCUT2D eigenvalue weighted by molar-refractivity contribution is 6.08. The monoisotopic (exact) mass is 250 g/mol. The molecule has 18 heavy (non-hydrogen) atoms. The molecular formula is C13H12F2N2O. The highest BCUT2D eigenvalue weighted by Gasteiger charge is 2.21. The summed E-state index contributed by atoms with van der Waals surface area (Å²) in [6.45, 7) is 3.17. The van der Waals surface area contributed by atoms with Gasteiger partial charge in [-0.3, -0.25) is 9.48 Å². The predicted molar refractivity (Wildman–Crippen MR) is 62.5 cm³/mol. The van der Waals surface area contributed by atoms with Gasteiger partial charge in [0, 0.05) is 7.05 Å². The summed E-state index contributed by atoms with van der Waals surface area (Å²) in [4.78, 5) is 12.1. The van der Waals surface area contributed by atoms with E-state index < -0.39 is 17.4 Å². The summed E-state index contributed by atoms with van der Waals surface area (Å²) < 4.78 is 28.5. The Morgan fingerprint density at radius 3 is 2.44 bits per heavy atom. The molecule has 2 rings (SSSR count). The molecule has 0 saturated carbocycles. The minimum atomic E-state index is -1.11. The zero-order chi connectivity index (χ0) is 13.4. The van der Waals surface area contributed by atoms with Crippen molar-refractivity contribution in [2.45, 2.75) is 13.8 Å². The van der Waals surface area contributed by atoms with Crippen molar-refractivity contribution in [2.24, 2.45) is 7.05 Å². The van der Waals surface area contributed by atoms with Gasteiger partial charge >= 0.3 is 0 Å². The van der Waals surface area contributed by atoms with E-state index in [1.807, 2.05) is 0 Å². The van der Waals surface area contributed by atoms with E-state index in [1.54, 1.807) is 20.0 Å². The summed E-state index contributed by atoms with van der Waals surface area (Å²) in [5.74, 6) is -2.67. The molecule has 0 N–H and O–H groups in total. The lowest BCUT2D eigenvalue weighted by Gasteiger charge is -2.05. The number of rotatable bonds is 2. The van der Waals surface area contributed by atoms with Crippen LogP contribution in [0.15, 0.2) is 18.2 Å². The smallest absolute Gasteiger partial charge is 0.214 e. The first kappa shape index (κ1) is 12.4. The molecule has 0 bridgehead atoms. The first-order chi connectivity index (χ1) is 8.41. The number of nitrogens with zero attached hydrogens (tertiary/aromatic N) is 2. The molecule has 1 heterocycles. The maximum absolute atomic E-state index is 13.7. The van der Waals surface area contributed by atoms with Crippen molar-refractivity contribution >= 4 is 5.78 Å². The number of aromatic nitrogens is 2. The second-order valence-corrected chi connectivity index (χ2v) is 4.18. The summed E-state index contributed by atoms with van der Waals surface area (Å²) in [7, 11) is 1.59. The van der Waals surface area contributed by atoms with Crippen LogP contribution in [0.25, 0.3) is 0 Å². The molecule has 0 amide bonds. The number of benzene rings is 1. The normalized spacial score (nSPS) is 10.7. The van der Waals surface area contributed by atoms with Crippen LogP contribution in [0, 0.1) is 25.5 Å². The van der Waals surface area contributed by atoms with E-state index in [4.69, 9.17) is 0 Å². The van der Waals surface area contributed by atoms with Crippen molar-refractivity contribution in [3.8, 4) is 0 Å². The SMILES string of the molecule is Cc1cc(C(=O)c2ccc(C)c(F)c2F)n(C)n1. The van der Waals surface area contributed by atoms with Gasteiger partial charge in [-0.15, -0.1) is 0 Å². The van der Waals surface area contributed by atoms with Crippen LogP contribution in [0.5, 0.6) is 0 Å². The molecular weight excluding hydrogens is 238 g/mol. The highest BCUT2D eigenvalue weighted by atomic mass is 19.2. The van der Waals surface area contributed by atoms with Crippen molar-refractivity contribution < 1.29 is 13.6 Å². The fraction of sp³-hybridized carbons (Fsp3) is 0.231. The van der Waals surface area contributed by atoms with Gasteiger partial charge in [-0.25, -0.2) is 8.78 Å². The van der Waals surface area contributed by atoms with Gasteiger partial charge in [0.05, 0.1) is 11.3 Å². The van der Waals surface area contributed by atoms with Crippen molar-refractivity contribution in [3.63, 3.8) is 0 Å². The van der Waals surface area contributed by atoms with E-state index in [2.05, 4.69) is 5.10 Å². The van der Waals surface area contributed by atoms with Crippen LogP contribution in [0.2, 0.25) is 0 Å². The van der Waals surface area contributed by atoms with E-state index in [0.29, 0.717) is 5.69 Å². The van der Waals surface area contributed by atoms with Crippen LogP contribution < -0.4 is 0 Å². The summed E-state index contributed by atoms with van der Waals surface area (Å²) in [6, 6.07) is 4.22. The Morgan fingerprint density at radius 1 is 1.22 bits per heavy atom. The third kappa shape index (κ3) is 1.92. The maximum atomic E-state index is 13.7. The molecule has 94 valence electrons. The molecule has 5 heteroatoms. The van der Waals surface area contributed by atoms with Gasteiger partial charge in [0.25, 0.3) is 0 Å². The third-order valence-corrected chi connectivity index (χ3v) is 2.75. The number of ketones is 1. The van der Waals surface area contributed by atoms with Crippen LogP contribution in [0.1, 0.15) is 27.3 Å². The lowest BCUT2D eigenvalue weighted by atomic mass is 10.0. The van der Waals surface area contributed by atoms with Crippen molar-refractivity contribution in [1.82, 2.24) is 9.78 Å². The standard InChI is InChI=1S/C13H12F2N2O/c1-7-4-5-9(12(15)11(7)14)13(18)10-6-8(2)16-17(10)3/h4-6H,1-3H3. The molecule has 0 aliphatic rings. The van der Waals surface area contributed by atoms with Crippen LogP contribution in [0.4, 0.5) is 8.78 Å². The van der Waals surface area contributed by atoms with E-state index in [0.717, 1.165) is 0 Å². The van der Waals surface area contributed by atoms with Crippen molar-refractivity contribution in [2.75, 3.05) is 0 Å². The van der Waals surface area contributed by atoms with Crippen LogP contribution >= 0.6 is 0 Å². The lowest BCUT2D eigenvalue weighted by Crippen LogP contribution is -2.11. The van der Waals surface area contributed by atoms with Gasteiger partial charge in [-0.05, 0) is 31.5 Å². The fourth-order valence-corrected chi connectivity index (χ4v) is 1.78. The van der Waals surface area contributed by atoms with E-state index in [1.165, 1.54) is 23.7 Å². The molecule has 1 aromatic heterocycles. The van der Waals surface area contributed by atoms with Gasteiger partial charge < -0.3 is 0 Å². The van der Waals surface area contributed by atoms with E-state index in [-0.39, 0.29) is 16.8 Å². The van der Waals surface area contributed by atoms with E-state index in [9.17, 15) is 13.6 Å². The first-order valence-corrected chi connectivity index (χ1v) is 5.41. The Morgan fingerprint density at radius 2 is 1.89 bits per heavy atom. The Bertz CT molecular complexity index is 632. The Kier molecular flexibility index (Phi) is 2.98. The molecule has 0 atom stereocenters. The molecule has 0 spiro atoms. The number of hydrogen-bond donors (Lipinski definition) is 0. The predicted octanol–water partition coefficient (Wildman–Crippen LogP) is 2.55. The van der Waals surface area contributed by atoms with Gasteiger partial charge in [0.1, 0.15) is 5.69 Å². The van der Waals surface area contributed by atoms with Crippen molar-refractivity contribution in [1.29, 1.82) is 0 Å². The second-order valence-electron chi connectivity index (χ2n) is 4.18. The molecule has 0 aliphatic heterocycles. The lowest BCUT2D eigenvalue weighted by molar-refractivity contribution is 0.102. The first-order valence-electron chi connectivity index (χ1n) is 5.41. The van der Waals surface area contributed by atoms with Crippen LogP contribution in [0.3, 0.4) is 0 Å². The summed E-state index contributed by atoms with van der Waals surface area (Å²) in [6.07, 6.45) is 0. The Balaban J connectivity index is 2.53.